The fraction of sp³-hybridized carbons (Fsp3) is 0.316. The van der Waals surface area contributed by atoms with Crippen LogP contribution in [0.3, 0.4) is 0 Å². The van der Waals surface area contributed by atoms with Crippen LogP contribution < -0.4 is 16.2 Å². The summed E-state index contributed by atoms with van der Waals surface area (Å²) in [5.41, 5.74) is 9.52. The number of hydrogen-bond acceptors (Lipinski definition) is 6. The second-order valence-corrected chi connectivity index (χ2v) is 6.90. The molecule has 140 valence electrons. The Morgan fingerprint density at radius 1 is 1.07 bits per heavy atom. The largest absolute Gasteiger partial charge is 0.353 e. The lowest BCUT2D eigenvalue weighted by Crippen LogP contribution is -2.38. The highest BCUT2D eigenvalue weighted by atomic mass is 19.1. The fourth-order valence-electron chi connectivity index (χ4n) is 3.42. The van der Waals surface area contributed by atoms with Gasteiger partial charge in [-0.2, -0.15) is 5.10 Å². The number of nitrogens with one attached hydrogen (secondary N) is 3. The molecule has 0 spiro atoms. The van der Waals surface area contributed by atoms with Crippen LogP contribution in [0, 0.1) is 25.6 Å². The third-order valence-corrected chi connectivity index (χ3v) is 4.86. The molecule has 0 bridgehead atoms. The van der Waals surface area contributed by atoms with Crippen LogP contribution in [0.15, 0.2) is 42.7 Å². The summed E-state index contributed by atoms with van der Waals surface area (Å²) in [4.78, 5) is 8.65. The van der Waals surface area contributed by atoms with Gasteiger partial charge in [0.1, 0.15) is 18.0 Å². The molecule has 3 heterocycles. The van der Waals surface area contributed by atoms with E-state index < -0.39 is 0 Å². The molecule has 0 amide bonds. The average molecular weight is 367 g/mol. The molecule has 3 unspecified atom stereocenters. The van der Waals surface area contributed by atoms with Gasteiger partial charge in [-0.05, 0) is 37.6 Å². The molecular formula is C19H22FN7. The molecular weight excluding hydrogens is 345 g/mol. The molecule has 1 aliphatic heterocycles. The number of aryl methyl sites for hydroxylation is 2. The van der Waals surface area contributed by atoms with Gasteiger partial charge in [-0.25, -0.2) is 29.9 Å². The van der Waals surface area contributed by atoms with Gasteiger partial charge in [0, 0.05) is 17.7 Å². The molecule has 3 aromatic rings. The van der Waals surface area contributed by atoms with E-state index in [0.717, 1.165) is 17.0 Å². The van der Waals surface area contributed by atoms with Gasteiger partial charge < -0.3 is 5.32 Å². The van der Waals surface area contributed by atoms with E-state index in [0.29, 0.717) is 11.6 Å². The van der Waals surface area contributed by atoms with Crippen molar-refractivity contribution in [3.8, 4) is 5.82 Å². The Kier molecular flexibility index (Phi) is 4.59. The normalized spacial score (nSPS) is 22.1. The zero-order valence-corrected chi connectivity index (χ0v) is 15.4. The first-order chi connectivity index (χ1) is 13.0. The van der Waals surface area contributed by atoms with Crippen molar-refractivity contribution in [2.24, 2.45) is 5.92 Å². The first-order valence-corrected chi connectivity index (χ1v) is 8.90. The molecule has 0 aliphatic carbocycles. The lowest BCUT2D eigenvalue weighted by Gasteiger charge is -2.20. The quantitative estimate of drug-likeness (QED) is 0.658. The standard InChI is InChI=1S/C19H22FN7/c1-11-8-12(2)27(26-11)17-9-16(21-10-22-17)23-19-13(3)18(24-25-19)14-4-6-15(20)7-5-14/h4-10,13,18-19,24-25H,1-3H3,(H,21,22,23). The van der Waals surface area contributed by atoms with Gasteiger partial charge in [-0.1, -0.05) is 19.1 Å². The zero-order valence-electron chi connectivity index (χ0n) is 15.4. The predicted octanol–water partition coefficient (Wildman–Crippen LogP) is 2.64. The van der Waals surface area contributed by atoms with E-state index in [1.165, 1.54) is 18.5 Å². The van der Waals surface area contributed by atoms with E-state index >= 15 is 0 Å². The first-order valence-electron chi connectivity index (χ1n) is 8.90. The lowest BCUT2D eigenvalue weighted by molar-refractivity contribution is 0.480. The summed E-state index contributed by atoms with van der Waals surface area (Å²) in [7, 11) is 0. The smallest absolute Gasteiger partial charge is 0.159 e. The Morgan fingerprint density at radius 2 is 1.85 bits per heavy atom. The number of benzene rings is 1. The van der Waals surface area contributed by atoms with Gasteiger partial charge >= 0.3 is 0 Å². The molecule has 27 heavy (non-hydrogen) atoms. The van der Waals surface area contributed by atoms with Crippen molar-refractivity contribution in [2.75, 3.05) is 5.32 Å². The molecule has 2 aromatic heterocycles. The molecule has 7 nitrogen and oxygen atoms in total. The monoisotopic (exact) mass is 367 g/mol. The number of nitrogens with zero attached hydrogens (tertiary/aromatic N) is 4. The van der Waals surface area contributed by atoms with E-state index in [1.54, 1.807) is 16.8 Å². The second kappa shape index (κ2) is 7.05. The maximum Gasteiger partial charge on any atom is 0.159 e. The number of aromatic nitrogens is 4. The van der Waals surface area contributed by atoms with E-state index in [2.05, 4.69) is 38.2 Å². The Bertz CT molecular complexity index is 937. The molecule has 4 rings (SSSR count). The Labute approximate surface area is 157 Å². The topological polar surface area (TPSA) is 79.7 Å². The number of rotatable bonds is 4. The van der Waals surface area contributed by atoms with Crippen LogP contribution in [0.1, 0.15) is 29.9 Å². The lowest BCUT2D eigenvalue weighted by atomic mass is 9.94. The van der Waals surface area contributed by atoms with Gasteiger partial charge in [0.15, 0.2) is 5.82 Å². The second-order valence-electron chi connectivity index (χ2n) is 6.90. The highest BCUT2D eigenvalue weighted by Crippen LogP contribution is 2.29. The highest BCUT2D eigenvalue weighted by molar-refractivity contribution is 5.42. The van der Waals surface area contributed by atoms with Crippen LogP contribution >= 0.6 is 0 Å². The van der Waals surface area contributed by atoms with E-state index in [4.69, 9.17) is 0 Å². The van der Waals surface area contributed by atoms with Crippen molar-refractivity contribution in [1.29, 1.82) is 0 Å². The predicted molar refractivity (Wildman–Crippen MR) is 101 cm³/mol. The average Bonchev–Trinajstić information content (AvgIpc) is 3.18. The van der Waals surface area contributed by atoms with E-state index in [1.807, 2.05) is 26.0 Å². The molecule has 1 fully saturated rings. The van der Waals surface area contributed by atoms with Crippen molar-refractivity contribution < 1.29 is 4.39 Å². The fourth-order valence-corrected chi connectivity index (χ4v) is 3.42. The molecule has 3 N–H and O–H groups in total. The van der Waals surface area contributed by atoms with Crippen molar-refractivity contribution >= 4 is 5.82 Å². The Balaban J connectivity index is 1.50. The zero-order chi connectivity index (χ0) is 19.0. The summed E-state index contributed by atoms with van der Waals surface area (Å²) in [5.74, 6) is 1.40. The molecule has 1 aromatic carbocycles. The van der Waals surface area contributed by atoms with Gasteiger partial charge in [0.05, 0.1) is 17.9 Å². The Morgan fingerprint density at radius 3 is 2.56 bits per heavy atom. The summed E-state index contributed by atoms with van der Waals surface area (Å²) < 4.78 is 15.0. The third kappa shape index (κ3) is 3.54. The van der Waals surface area contributed by atoms with Crippen molar-refractivity contribution in [3.05, 3.63) is 65.5 Å². The van der Waals surface area contributed by atoms with E-state index in [-0.39, 0.29) is 23.9 Å². The maximum absolute atomic E-state index is 13.2. The molecule has 0 radical (unpaired) electrons. The molecule has 8 heteroatoms. The van der Waals surface area contributed by atoms with Crippen molar-refractivity contribution in [2.45, 2.75) is 33.0 Å². The van der Waals surface area contributed by atoms with Crippen LogP contribution in [0.5, 0.6) is 0 Å². The van der Waals surface area contributed by atoms with Crippen LogP contribution in [0.4, 0.5) is 10.2 Å². The summed E-state index contributed by atoms with van der Waals surface area (Å²) in [6.45, 7) is 6.07. The maximum atomic E-state index is 13.2. The van der Waals surface area contributed by atoms with Crippen LogP contribution in [-0.4, -0.2) is 25.9 Å². The Hall–Kier alpha value is -2.84. The number of hydrogen-bond donors (Lipinski definition) is 3. The van der Waals surface area contributed by atoms with Crippen molar-refractivity contribution in [3.63, 3.8) is 0 Å². The molecule has 3 atom stereocenters. The van der Waals surface area contributed by atoms with E-state index in [9.17, 15) is 4.39 Å². The summed E-state index contributed by atoms with van der Waals surface area (Å²) >= 11 is 0. The summed E-state index contributed by atoms with van der Waals surface area (Å²) in [6.07, 6.45) is 1.49. The van der Waals surface area contributed by atoms with Crippen LogP contribution in [0.25, 0.3) is 5.82 Å². The highest BCUT2D eigenvalue weighted by Gasteiger charge is 2.33. The minimum absolute atomic E-state index is 0.0387. The van der Waals surface area contributed by atoms with Gasteiger partial charge in [0.25, 0.3) is 0 Å². The van der Waals surface area contributed by atoms with Crippen LogP contribution in [0.2, 0.25) is 0 Å². The number of anilines is 1. The SMILES string of the molecule is Cc1cc(C)n(-c2cc(NC3NNC(c4ccc(F)cc4)C3C)ncn2)n1. The number of hydrazine groups is 1. The summed E-state index contributed by atoms with van der Waals surface area (Å²) in [6, 6.07) is 10.5. The molecule has 0 saturated carbocycles. The minimum atomic E-state index is -0.232. The third-order valence-electron chi connectivity index (χ3n) is 4.86. The van der Waals surface area contributed by atoms with Gasteiger partial charge in [0.2, 0.25) is 0 Å². The van der Waals surface area contributed by atoms with Crippen LogP contribution in [-0.2, 0) is 0 Å². The number of halogens is 1. The first kappa shape index (κ1) is 17.6. The van der Waals surface area contributed by atoms with Gasteiger partial charge in [-0.3, -0.25) is 0 Å². The summed E-state index contributed by atoms with van der Waals surface area (Å²) in [5, 5.41) is 7.87. The molecule has 1 aliphatic rings. The van der Waals surface area contributed by atoms with Crippen molar-refractivity contribution in [1.82, 2.24) is 30.6 Å². The molecule has 1 saturated heterocycles. The van der Waals surface area contributed by atoms with Gasteiger partial charge in [-0.15, -0.1) is 0 Å². The minimum Gasteiger partial charge on any atom is -0.353 e.